The van der Waals surface area contributed by atoms with Crippen molar-refractivity contribution in [2.75, 3.05) is 0 Å². The molecule has 2 fully saturated rings. The molecule has 0 aromatic heterocycles. The predicted molar refractivity (Wildman–Crippen MR) is 40.8 cm³/mol. The summed E-state index contributed by atoms with van der Waals surface area (Å²) in [5.74, 6) is 1.81. The van der Waals surface area contributed by atoms with Gasteiger partial charge >= 0.3 is 0 Å². The lowest BCUT2D eigenvalue weighted by Crippen LogP contribution is -2.17. The Morgan fingerprint density at radius 2 is 2.00 bits per heavy atom. The van der Waals surface area contributed by atoms with Gasteiger partial charge < -0.3 is 4.74 Å². The second-order valence-electron chi connectivity index (χ2n) is 4.03. The highest BCUT2D eigenvalue weighted by molar-refractivity contribution is 4.92. The van der Waals surface area contributed by atoms with Crippen LogP contribution in [0.4, 0.5) is 0 Å². The molecule has 0 aromatic carbocycles. The zero-order valence-corrected chi connectivity index (χ0v) is 6.84. The highest BCUT2D eigenvalue weighted by atomic mass is 16.6. The number of hydrogen-bond donors (Lipinski definition) is 0. The lowest BCUT2D eigenvalue weighted by Gasteiger charge is -2.22. The number of ether oxygens (including phenoxy) is 1. The Bertz CT molecular complexity index is 131. The molecule has 0 bridgehead atoms. The van der Waals surface area contributed by atoms with E-state index in [9.17, 15) is 0 Å². The third-order valence-corrected chi connectivity index (χ3v) is 2.99. The molecule has 1 aliphatic heterocycles. The van der Waals surface area contributed by atoms with Crippen molar-refractivity contribution in [1.29, 1.82) is 0 Å². The van der Waals surface area contributed by atoms with Crippen LogP contribution in [0.3, 0.4) is 0 Å². The Balaban J connectivity index is 1.88. The maximum Gasteiger partial charge on any atom is 0.0844 e. The second kappa shape index (κ2) is 2.23. The quantitative estimate of drug-likeness (QED) is 0.509. The SMILES string of the molecule is CC(C)[C@H]1CC[C@@H]2O[C@@H]2C1. The van der Waals surface area contributed by atoms with E-state index >= 15 is 0 Å². The second-order valence-corrected chi connectivity index (χ2v) is 4.03. The van der Waals surface area contributed by atoms with Crippen LogP contribution in [0.1, 0.15) is 33.1 Å². The molecule has 1 heterocycles. The third-order valence-electron chi connectivity index (χ3n) is 2.99. The molecule has 0 spiro atoms. The Kier molecular flexibility index (Phi) is 1.48. The fraction of sp³-hybridized carbons (Fsp3) is 1.00. The van der Waals surface area contributed by atoms with E-state index in [-0.39, 0.29) is 0 Å². The fourth-order valence-electron chi connectivity index (χ4n) is 2.04. The Morgan fingerprint density at radius 1 is 1.20 bits per heavy atom. The topological polar surface area (TPSA) is 12.5 Å². The van der Waals surface area contributed by atoms with Crippen LogP contribution in [-0.4, -0.2) is 12.2 Å². The predicted octanol–water partition coefficient (Wildman–Crippen LogP) is 2.21. The van der Waals surface area contributed by atoms with Gasteiger partial charge in [0.05, 0.1) is 12.2 Å². The number of hydrogen-bond acceptors (Lipinski definition) is 1. The monoisotopic (exact) mass is 140 g/mol. The summed E-state index contributed by atoms with van der Waals surface area (Å²) in [5.41, 5.74) is 0. The largest absolute Gasteiger partial charge is 0.370 e. The summed E-state index contributed by atoms with van der Waals surface area (Å²) in [4.78, 5) is 0. The van der Waals surface area contributed by atoms with Crippen LogP contribution in [0.15, 0.2) is 0 Å². The number of epoxide rings is 1. The Hall–Kier alpha value is -0.0400. The molecule has 2 rings (SSSR count). The van der Waals surface area contributed by atoms with Crippen LogP contribution in [0, 0.1) is 11.8 Å². The molecule has 1 saturated carbocycles. The maximum absolute atomic E-state index is 5.46. The first-order valence-corrected chi connectivity index (χ1v) is 4.43. The molecule has 58 valence electrons. The van der Waals surface area contributed by atoms with E-state index in [1.54, 1.807) is 0 Å². The lowest BCUT2D eigenvalue weighted by atomic mass is 9.82. The van der Waals surface area contributed by atoms with Crippen molar-refractivity contribution < 1.29 is 4.74 Å². The first-order valence-electron chi connectivity index (χ1n) is 4.43. The highest BCUT2D eigenvalue weighted by Crippen LogP contribution is 2.41. The van der Waals surface area contributed by atoms with Crippen LogP contribution >= 0.6 is 0 Å². The fourth-order valence-corrected chi connectivity index (χ4v) is 2.04. The van der Waals surface area contributed by atoms with E-state index in [1.165, 1.54) is 19.3 Å². The van der Waals surface area contributed by atoms with E-state index in [4.69, 9.17) is 4.74 Å². The maximum atomic E-state index is 5.46. The van der Waals surface area contributed by atoms with Crippen molar-refractivity contribution in [3.63, 3.8) is 0 Å². The van der Waals surface area contributed by atoms with Gasteiger partial charge in [-0.15, -0.1) is 0 Å². The van der Waals surface area contributed by atoms with Gasteiger partial charge in [-0.1, -0.05) is 13.8 Å². The molecule has 3 atom stereocenters. The van der Waals surface area contributed by atoms with Gasteiger partial charge in [0.1, 0.15) is 0 Å². The van der Waals surface area contributed by atoms with E-state index in [2.05, 4.69) is 13.8 Å². The van der Waals surface area contributed by atoms with Gasteiger partial charge in [-0.05, 0) is 31.1 Å². The standard InChI is InChI=1S/C9H16O/c1-6(2)7-3-4-8-9(5-7)10-8/h6-9H,3-5H2,1-2H3/t7-,8-,9+/m0/s1. The molecule has 0 aromatic rings. The van der Waals surface area contributed by atoms with Crippen LogP contribution in [-0.2, 0) is 4.74 Å². The van der Waals surface area contributed by atoms with Gasteiger partial charge in [0, 0.05) is 0 Å². The first-order chi connectivity index (χ1) is 4.77. The molecule has 0 amide bonds. The molecule has 1 heteroatoms. The van der Waals surface area contributed by atoms with Crippen LogP contribution in [0.25, 0.3) is 0 Å². The van der Waals surface area contributed by atoms with E-state index in [0.29, 0.717) is 12.2 Å². The highest BCUT2D eigenvalue weighted by Gasteiger charge is 2.44. The van der Waals surface area contributed by atoms with Gasteiger partial charge in [0.25, 0.3) is 0 Å². The molecule has 0 N–H and O–H groups in total. The molecule has 2 aliphatic rings. The lowest BCUT2D eigenvalue weighted by molar-refractivity contribution is 0.297. The summed E-state index contributed by atoms with van der Waals surface area (Å²) in [7, 11) is 0. The first kappa shape index (κ1) is 6.66. The average molecular weight is 140 g/mol. The minimum atomic E-state index is 0.668. The molecular weight excluding hydrogens is 124 g/mol. The summed E-state index contributed by atoms with van der Waals surface area (Å²) in [5, 5.41) is 0. The van der Waals surface area contributed by atoms with Crippen molar-refractivity contribution in [3.8, 4) is 0 Å². The summed E-state index contributed by atoms with van der Waals surface area (Å²) in [6.07, 6.45) is 5.41. The van der Waals surface area contributed by atoms with Gasteiger partial charge in [-0.3, -0.25) is 0 Å². The van der Waals surface area contributed by atoms with Crippen molar-refractivity contribution >= 4 is 0 Å². The minimum absolute atomic E-state index is 0.668. The van der Waals surface area contributed by atoms with Crippen LogP contribution in [0.5, 0.6) is 0 Å². The van der Waals surface area contributed by atoms with Gasteiger partial charge in [0.15, 0.2) is 0 Å². The minimum Gasteiger partial charge on any atom is -0.370 e. The zero-order chi connectivity index (χ0) is 7.14. The molecule has 0 unspecified atom stereocenters. The molecule has 1 nitrogen and oxygen atoms in total. The van der Waals surface area contributed by atoms with Gasteiger partial charge in [-0.2, -0.15) is 0 Å². The summed E-state index contributed by atoms with van der Waals surface area (Å²) in [6, 6.07) is 0. The number of rotatable bonds is 1. The Morgan fingerprint density at radius 3 is 2.60 bits per heavy atom. The van der Waals surface area contributed by atoms with Crippen LogP contribution in [0.2, 0.25) is 0 Å². The summed E-state index contributed by atoms with van der Waals surface area (Å²) in [6.45, 7) is 4.65. The Labute approximate surface area is 62.8 Å². The summed E-state index contributed by atoms with van der Waals surface area (Å²) >= 11 is 0. The van der Waals surface area contributed by atoms with Crippen molar-refractivity contribution in [3.05, 3.63) is 0 Å². The normalized spacial score (nSPS) is 45.3. The molecule has 10 heavy (non-hydrogen) atoms. The van der Waals surface area contributed by atoms with Crippen LogP contribution < -0.4 is 0 Å². The van der Waals surface area contributed by atoms with Gasteiger partial charge in [0.2, 0.25) is 0 Å². The summed E-state index contributed by atoms with van der Waals surface area (Å²) < 4.78 is 5.46. The zero-order valence-electron chi connectivity index (χ0n) is 6.84. The van der Waals surface area contributed by atoms with E-state index in [0.717, 1.165) is 11.8 Å². The van der Waals surface area contributed by atoms with Gasteiger partial charge in [-0.25, -0.2) is 0 Å². The van der Waals surface area contributed by atoms with E-state index in [1.807, 2.05) is 0 Å². The molecule has 0 radical (unpaired) electrons. The van der Waals surface area contributed by atoms with E-state index < -0.39 is 0 Å². The molecular formula is C9H16O. The average Bonchev–Trinajstić information content (AvgIpc) is 2.63. The molecule has 1 saturated heterocycles. The third kappa shape index (κ3) is 1.07. The smallest absolute Gasteiger partial charge is 0.0844 e. The number of fused-ring (bicyclic) bond motifs is 1. The molecule has 1 aliphatic carbocycles. The van der Waals surface area contributed by atoms with Crippen molar-refractivity contribution in [1.82, 2.24) is 0 Å². The van der Waals surface area contributed by atoms with Crippen molar-refractivity contribution in [2.45, 2.75) is 45.3 Å². The van der Waals surface area contributed by atoms with Crippen molar-refractivity contribution in [2.24, 2.45) is 11.8 Å².